The normalized spacial score (nSPS) is 14.4. The summed E-state index contributed by atoms with van der Waals surface area (Å²) < 4.78 is 0. The van der Waals surface area contributed by atoms with E-state index in [2.05, 4.69) is 43.7 Å². The lowest BCUT2D eigenvalue weighted by atomic mass is 10.1. The fourth-order valence-corrected chi connectivity index (χ4v) is 3.52. The van der Waals surface area contributed by atoms with Crippen LogP contribution in [0.5, 0.6) is 0 Å². The first-order chi connectivity index (χ1) is 13.3. The van der Waals surface area contributed by atoms with Crippen molar-refractivity contribution in [3.05, 3.63) is 58.7 Å². The second-order valence-corrected chi connectivity index (χ2v) is 7.17. The van der Waals surface area contributed by atoms with Crippen LogP contribution in [-0.4, -0.2) is 37.6 Å². The minimum atomic E-state index is 0. The Balaban J connectivity index is 0.00000280. The Morgan fingerprint density at radius 2 is 1.93 bits per heavy atom. The number of benzene rings is 1. The molecule has 7 heteroatoms. The van der Waals surface area contributed by atoms with E-state index in [0.717, 1.165) is 55.0 Å². The molecule has 0 unspecified atom stereocenters. The van der Waals surface area contributed by atoms with Gasteiger partial charge in [0.1, 0.15) is 5.82 Å². The molecule has 0 bridgehead atoms. The molecular formula is C21H29ClIN5. The molecule has 0 spiro atoms. The molecular weight excluding hydrogens is 485 g/mol. The molecule has 0 aliphatic carbocycles. The third-order valence-electron chi connectivity index (χ3n) is 4.82. The molecule has 2 heterocycles. The number of pyridine rings is 1. The van der Waals surface area contributed by atoms with Gasteiger partial charge in [0.15, 0.2) is 5.96 Å². The van der Waals surface area contributed by atoms with E-state index in [1.807, 2.05) is 24.4 Å². The SMILES string of the molecule is CN=C(NCCc1ccccc1Cl)NCc1ccnc(N2CCCCC2)c1.I. The van der Waals surface area contributed by atoms with Crippen molar-refractivity contribution in [3.8, 4) is 0 Å². The van der Waals surface area contributed by atoms with E-state index in [1.54, 1.807) is 7.05 Å². The molecule has 152 valence electrons. The van der Waals surface area contributed by atoms with Gasteiger partial charge in [-0.3, -0.25) is 4.99 Å². The van der Waals surface area contributed by atoms with E-state index in [9.17, 15) is 0 Å². The van der Waals surface area contributed by atoms with Crippen molar-refractivity contribution in [2.45, 2.75) is 32.2 Å². The fourth-order valence-electron chi connectivity index (χ4n) is 3.29. The summed E-state index contributed by atoms with van der Waals surface area (Å²) in [7, 11) is 1.79. The van der Waals surface area contributed by atoms with Crippen LogP contribution in [0.4, 0.5) is 5.82 Å². The molecule has 2 N–H and O–H groups in total. The van der Waals surface area contributed by atoms with Gasteiger partial charge in [-0.15, -0.1) is 24.0 Å². The van der Waals surface area contributed by atoms with Gasteiger partial charge in [0.2, 0.25) is 0 Å². The second-order valence-electron chi connectivity index (χ2n) is 6.76. The standard InChI is InChI=1S/C21H28ClN5.HI/c1-23-21(25-12-10-18-7-3-4-8-19(18)22)26-16-17-9-11-24-20(15-17)27-13-5-2-6-14-27;/h3-4,7-9,11,15H,2,5-6,10,12-14,16H2,1H3,(H2,23,25,26);1H. The monoisotopic (exact) mass is 513 g/mol. The average molecular weight is 514 g/mol. The van der Waals surface area contributed by atoms with Crippen molar-refractivity contribution in [2.24, 2.45) is 4.99 Å². The average Bonchev–Trinajstić information content (AvgIpc) is 2.72. The maximum absolute atomic E-state index is 6.21. The van der Waals surface area contributed by atoms with Crippen LogP contribution in [0.2, 0.25) is 5.02 Å². The number of aromatic nitrogens is 1. The molecule has 0 saturated carbocycles. The number of hydrogen-bond acceptors (Lipinski definition) is 3. The van der Waals surface area contributed by atoms with Crippen molar-refractivity contribution in [3.63, 3.8) is 0 Å². The molecule has 1 aliphatic heterocycles. The van der Waals surface area contributed by atoms with E-state index in [0.29, 0.717) is 0 Å². The maximum Gasteiger partial charge on any atom is 0.191 e. The van der Waals surface area contributed by atoms with Gasteiger partial charge in [0.05, 0.1) is 0 Å². The first kappa shape index (κ1) is 22.7. The molecule has 2 aromatic rings. The van der Waals surface area contributed by atoms with Gasteiger partial charge in [-0.1, -0.05) is 29.8 Å². The van der Waals surface area contributed by atoms with Gasteiger partial charge in [-0.25, -0.2) is 4.98 Å². The van der Waals surface area contributed by atoms with Crippen molar-refractivity contribution < 1.29 is 0 Å². The van der Waals surface area contributed by atoms with Crippen LogP contribution >= 0.6 is 35.6 Å². The lowest BCUT2D eigenvalue weighted by Crippen LogP contribution is -2.38. The Labute approximate surface area is 190 Å². The highest BCUT2D eigenvalue weighted by Gasteiger charge is 2.12. The predicted octanol–water partition coefficient (Wildman–Crippen LogP) is 4.25. The Kier molecular flexibility index (Phi) is 9.84. The van der Waals surface area contributed by atoms with E-state index >= 15 is 0 Å². The topological polar surface area (TPSA) is 52.6 Å². The highest BCUT2D eigenvalue weighted by molar-refractivity contribution is 14.0. The van der Waals surface area contributed by atoms with Crippen LogP contribution in [0.3, 0.4) is 0 Å². The van der Waals surface area contributed by atoms with Gasteiger partial charge in [0, 0.05) is 44.4 Å². The molecule has 1 saturated heterocycles. The van der Waals surface area contributed by atoms with Gasteiger partial charge < -0.3 is 15.5 Å². The third-order valence-corrected chi connectivity index (χ3v) is 5.19. The first-order valence-electron chi connectivity index (χ1n) is 9.64. The number of piperidine rings is 1. The lowest BCUT2D eigenvalue weighted by Gasteiger charge is -2.28. The Hall–Kier alpha value is -1.54. The van der Waals surface area contributed by atoms with E-state index in [4.69, 9.17) is 11.6 Å². The molecule has 0 amide bonds. The van der Waals surface area contributed by atoms with Crippen LogP contribution in [-0.2, 0) is 13.0 Å². The molecule has 1 aliphatic rings. The minimum absolute atomic E-state index is 0. The van der Waals surface area contributed by atoms with Crippen LogP contribution in [0, 0.1) is 0 Å². The van der Waals surface area contributed by atoms with Gasteiger partial charge >= 0.3 is 0 Å². The van der Waals surface area contributed by atoms with E-state index < -0.39 is 0 Å². The minimum Gasteiger partial charge on any atom is -0.357 e. The van der Waals surface area contributed by atoms with Crippen molar-refractivity contribution in [1.29, 1.82) is 0 Å². The summed E-state index contributed by atoms with van der Waals surface area (Å²) in [6.07, 6.45) is 6.59. The van der Waals surface area contributed by atoms with Crippen molar-refractivity contribution in [1.82, 2.24) is 15.6 Å². The second kappa shape index (κ2) is 12.1. The van der Waals surface area contributed by atoms with Crippen LogP contribution < -0.4 is 15.5 Å². The number of halogens is 2. The fraction of sp³-hybridized carbons (Fsp3) is 0.429. The van der Waals surface area contributed by atoms with Crippen LogP contribution in [0.25, 0.3) is 0 Å². The third kappa shape index (κ3) is 6.81. The summed E-state index contributed by atoms with van der Waals surface area (Å²) in [6.45, 7) is 3.71. The number of hydrogen-bond donors (Lipinski definition) is 2. The summed E-state index contributed by atoms with van der Waals surface area (Å²) >= 11 is 6.21. The van der Waals surface area contributed by atoms with Crippen LogP contribution in [0.15, 0.2) is 47.6 Å². The number of nitrogens with one attached hydrogen (secondary N) is 2. The molecule has 0 radical (unpaired) electrons. The first-order valence-corrected chi connectivity index (χ1v) is 10.0. The van der Waals surface area contributed by atoms with Gasteiger partial charge in [-0.2, -0.15) is 0 Å². The molecule has 1 aromatic heterocycles. The summed E-state index contributed by atoms with van der Waals surface area (Å²) in [5.41, 5.74) is 2.35. The molecule has 28 heavy (non-hydrogen) atoms. The number of anilines is 1. The predicted molar refractivity (Wildman–Crippen MR) is 129 cm³/mol. The summed E-state index contributed by atoms with van der Waals surface area (Å²) in [5, 5.41) is 7.53. The van der Waals surface area contributed by atoms with Gasteiger partial charge in [0.25, 0.3) is 0 Å². The molecule has 3 rings (SSSR count). The zero-order chi connectivity index (χ0) is 18.9. The number of rotatable bonds is 6. The summed E-state index contributed by atoms with van der Waals surface area (Å²) in [5.74, 6) is 1.87. The maximum atomic E-state index is 6.21. The number of guanidine groups is 1. The summed E-state index contributed by atoms with van der Waals surface area (Å²) in [4.78, 5) is 11.2. The van der Waals surface area contributed by atoms with Crippen molar-refractivity contribution >= 4 is 47.4 Å². The zero-order valence-corrected chi connectivity index (χ0v) is 19.4. The number of aliphatic imine (C=N–C) groups is 1. The Morgan fingerprint density at radius 1 is 1.14 bits per heavy atom. The molecule has 5 nitrogen and oxygen atoms in total. The molecule has 0 atom stereocenters. The smallest absolute Gasteiger partial charge is 0.191 e. The summed E-state index contributed by atoms with van der Waals surface area (Å²) in [6, 6.07) is 12.2. The van der Waals surface area contributed by atoms with E-state index in [-0.39, 0.29) is 24.0 Å². The van der Waals surface area contributed by atoms with E-state index in [1.165, 1.54) is 24.8 Å². The Bertz CT molecular complexity index is 762. The largest absolute Gasteiger partial charge is 0.357 e. The van der Waals surface area contributed by atoms with Crippen LogP contribution in [0.1, 0.15) is 30.4 Å². The zero-order valence-electron chi connectivity index (χ0n) is 16.3. The number of nitrogens with zero attached hydrogens (tertiary/aromatic N) is 3. The van der Waals surface area contributed by atoms with Crippen molar-refractivity contribution in [2.75, 3.05) is 31.6 Å². The quantitative estimate of drug-likeness (QED) is 0.344. The highest BCUT2D eigenvalue weighted by Crippen LogP contribution is 2.18. The lowest BCUT2D eigenvalue weighted by molar-refractivity contribution is 0.573. The Morgan fingerprint density at radius 3 is 2.68 bits per heavy atom. The molecule has 1 aromatic carbocycles. The molecule has 1 fully saturated rings. The highest BCUT2D eigenvalue weighted by atomic mass is 127. The van der Waals surface area contributed by atoms with Gasteiger partial charge in [-0.05, 0) is 55.0 Å².